The molecule has 1 amide bonds. The molecule has 7 heteroatoms. The van der Waals surface area contributed by atoms with Crippen LogP contribution in [0, 0.1) is 23.1 Å². The molecule has 0 bridgehead atoms. The van der Waals surface area contributed by atoms with Crippen LogP contribution in [0.1, 0.15) is 41.3 Å². The Labute approximate surface area is 188 Å². The monoisotopic (exact) mass is 433 g/mol. The Morgan fingerprint density at radius 1 is 1.34 bits per heavy atom. The van der Waals surface area contributed by atoms with E-state index >= 15 is 0 Å². The van der Waals surface area contributed by atoms with Crippen molar-refractivity contribution in [2.24, 2.45) is 16.6 Å². The van der Waals surface area contributed by atoms with Crippen LogP contribution < -0.4 is 11.1 Å². The number of aliphatic imine (C=N–C) groups is 1. The number of carbonyl (C=O) groups is 1. The van der Waals surface area contributed by atoms with Crippen molar-refractivity contribution in [3.05, 3.63) is 76.7 Å². The molecular formula is C25H28FN5O. The van der Waals surface area contributed by atoms with E-state index in [2.05, 4.69) is 24.2 Å². The lowest BCUT2D eigenvalue weighted by Gasteiger charge is -2.43. The number of halogens is 1. The second kappa shape index (κ2) is 10.1. The molecule has 0 spiro atoms. The lowest BCUT2D eigenvalue weighted by atomic mass is 9.79. The zero-order chi connectivity index (χ0) is 23.3. The van der Waals surface area contributed by atoms with Crippen molar-refractivity contribution in [3.63, 3.8) is 0 Å². The number of anilines is 1. The molecule has 1 aliphatic rings. The van der Waals surface area contributed by atoms with Crippen molar-refractivity contribution in [3.8, 4) is 6.07 Å². The fourth-order valence-electron chi connectivity index (χ4n) is 4.22. The van der Waals surface area contributed by atoms with Crippen LogP contribution in [0.2, 0.25) is 0 Å². The Kier molecular flexibility index (Phi) is 7.26. The smallest absolute Gasteiger partial charge is 0.254 e. The highest BCUT2D eigenvalue weighted by atomic mass is 19.1. The number of nitriles is 1. The summed E-state index contributed by atoms with van der Waals surface area (Å²) in [6.45, 7) is 5.16. The Hall–Kier alpha value is -3.66. The minimum Gasteiger partial charge on any atom is -0.404 e. The summed E-state index contributed by atoms with van der Waals surface area (Å²) in [5, 5.41) is 12.5. The molecule has 0 saturated carbocycles. The van der Waals surface area contributed by atoms with Crippen LogP contribution in [0.4, 0.5) is 10.1 Å². The van der Waals surface area contributed by atoms with Gasteiger partial charge in [0, 0.05) is 55.3 Å². The second-order valence-electron chi connectivity index (χ2n) is 8.23. The number of rotatable bonds is 7. The van der Waals surface area contributed by atoms with Crippen molar-refractivity contribution in [1.82, 2.24) is 4.90 Å². The van der Waals surface area contributed by atoms with Crippen LogP contribution in [0.5, 0.6) is 0 Å². The molecular weight excluding hydrogens is 405 g/mol. The average Bonchev–Trinajstić information content (AvgIpc) is 2.79. The Morgan fingerprint density at radius 3 is 2.75 bits per heavy atom. The predicted molar refractivity (Wildman–Crippen MR) is 125 cm³/mol. The van der Waals surface area contributed by atoms with Gasteiger partial charge in [0.1, 0.15) is 11.9 Å². The highest BCUT2D eigenvalue weighted by molar-refractivity contribution is 5.99. The normalized spacial score (nSPS) is 18.7. The highest BCUT2D eigenvalue weighted by Gasteiger charge is 2.41. The number of nitrogens with one attached hydrogen (secondary N) is 1. The van der Waals surface area contributed by atoms with E-state index < -0.39 is 5.82 Å². The van der Waals surface area contributed by atoms with Gasteiger partial charge in [0.25, 0.3) is 5.91 Å². The third-order valence-corrected chi connectivity index (χ3v) is 5.56. The third kappa shape index (κ3) is 4.65. The van der Waals surface area contributed by atoms with Gasteiger partial charge in [-0.15, -0.1) is 0 Å². The summed E-state index contributed by atoms with van der Waals surface area (Å²) in [5.41, 5.74) is 8.93. The summed E-state index contributed by atoms with van der Waals surface area (Å²) in [4.78, 5) is 19.5. The van der Waals surface area contributed by atoms with Gasteiger partial charge in [-0.2, -0.15) is 5.26 Å². The van der Waals surface area contributed by atoms with Crippen molar-refractivity contribution in [2.45, 2.75) is 25.8 Å². The lowest BCUT2D eigenvalue weighted by Crippen LogP contribution is -2.52. The molecule has 2 aromatic rings. The lowest BCUT2D eigenvalue weighted by molar-refractivity contribution is 0.0632. The maximum atomic E-state index is 13.7. The standard InChI is InChI=1S/C25H28FN5O/c1-16(2)15-31-24(18(12-28)13-29-3)22(20-6-4-5-7-21(20)25(31)32)14-30-19-8-9-23(26)17(10-19)11-27/h4-10,12-13,16,22,24,30H,14-15,28H2,1-3H3/t22?,24-/m1/s1. The summed E-state index contributed by atoms with van der Waals surface area (Å²) in [6.07, 6.45) is 3.20. The van der Waals surface area contributed by atoms with Crippen LogP contribution in [0.3, 0.4) is 0 Å². The van der Waals surface area contributed by atoms with Crippen molar-refractivity contribution in [1.29, 1.82) is 5.26 Å². The molecule has 1 aliphatic heterocycles. The number of benzene rings is 2. The number of fused-ring (bicyclic) bond motifs is 1. The molecule has 1 heterocycles. The van der Waals surface area contributed by atoms with Gasteiger partial charge in [-0.1, -0.05) is 32.0 Å². The first kappa shape index (κ1) is 23.0. The van der Waals surface area contributed by atoms with Crippen LogP contribution >= 0.6 is 0 Å². The molecule has 32 heavy (non-hydrogen) atoms. The Morgan fingerprint density at radius 2 is 2.09 bits per heavy atom. The molecule has 0 aliphatic carbocycles. The fourth-order valence-corrected chi connectivity index (χ4v) is 4.22. The van der Waals surface area contributed by atoms with E-state index in [0.717, 1.165) is 11.1 Å². The highest BCUT2D eigenvalue weighted by Crippen LogP contribution is 2.37. The first-order valence-corrected chi connectivity index (χ1v) is 10.6. The van der Waals surface area contributed by atoms with E-state index in [0.29, 0.717) is 24.3 Å². The summed E-state index contributed by atoms with van der Waals surface area (Å²) >= 11 is 0. The molecule has 2 atom stereocenters. The molecule has 0 saturated heterocycles. The van der Waals surface area contributed by atoms with Gasteiger partial charge in [-0.05, 0) is 35.7 Å². The first-order chi connectivity index (χ1) is 15.4. The van der Waals surface area contributed by atoms with Crippen LogP contribution in [-0.4, -0.2) is 43.2 Å². The molecule has 0 fully saturated rings. The summed E-state index contributed by atoms with van der Waals surface area (Å²) in [6, 6.07) is 13.5. The topological polar surface area (TPSA) is 94.5 Å². The maximum Gasteiger partial charge on any atom is 0.254 e. The van der Waals surface area contributed by atoms with E-state index in [1.807, 2.05) is 35.2 Å². The summed E-state index contributed by atoms with van der Waals surface area (Å²) in [5.74, 6) is -0.465. The Bertz CT molecular complexity index is 1090. The molecule has 1 unspecified atom stereocenters. The second-order valence-corrected chi connectivity index (χ2v) is 8.23. The van der Waals surface area contributed by atoms with Gasteiger partial charge in [0.15, 0.2) is 0 Å². The van der Waals surface area contributed by atoms with Crippen LogP contribution in [0.15, 0.2) is 59.2 Å². The predicted octanol–water partition coefficient (Wildman–Crippen LogP) is 3.92. The molecule has 0 radical (unpaired) electrons. The number of nitrogens with zero attached hydrogens (tertiary/aromatic N) is 3. The summed E-state index contributed by atoms with van der Waals surface area (Å²) in [7, 11) is 1.67. The number of nitrogens with two attached hydrogens (primary N) is 1. The van der Waals surface area contributed by atoms with E-state index in [9.17, 15) is 9.18 Å². The molecule has 166 valence electrons. The Balaban J connectivity index is 2.06. The van der Waals surface area contributed by atoms with Gasteiger partial charge in [0.2, 0.25) is 0 Å². The van der Waals surface area contributed by atoms with Gasteiger partial charge in [0.05, 0.1) is 11.6 Å². The minimum atomic E-state index is -0.555. The zero-order valence-corrected chi connectivity index (χ0v) is 18.5. The van der Waals surface area contributed by atoms with Crippen molar-refractivity contribution >= 4 is 17.8 Å². The number of amides is 1. The van der Waals surface area contributed by atoms with Crippen LogP contribution in [0.25, 0.3) is 0 Å². The van der Waals surface area contributed by atoms with E-state index in [1.165, 1.54) is 18.3 Å². The van der Waals surface area contributed by atoms with E-state index in [1.54, 1.807) is 19.3 Å². The number of hydrogen-bond donors (Lipinski definition) is 2. The average molecular weight is 434 g/mol. The van der Waals surface area contributed by atoms with Gasteiger partial charge in [-0.3, -0.25) is 9.79 Å². The van der Waals surface area contributed by atoms with Crippen molar-refractivity contribution in [2.75, 3.05) is 25.5 Å². The molecule has 6 nitrogen and oxygen atoms in total. The fraction of sp³-hybridized carbons (Fsp3) is 0.320. The van der Waals surface area contributed by atoms with E-state index in [-0.39, 0.29) is 29.3 Å². The largest absolute Gasteiger partial charge is 0.404 e. The van der Waals surface area contributed by atoms with Crippen LogP contribution in [-0.2, 0) is 0 Å². The minimum absolute atomic E-state index is 0.0205. The van der Waals surface area contributed by atoms with E-state index in [4.69, 9.17) is 11.0 Å². The molecule has 2 aromatic carbocycles. The quantitative estimate of drug-likeness (QED) is 0.647. The summed E-state index contributed by atoms with van der Waals surface area (Å²) < 4.78 is 13.7. The number of hydrogen-bond acceptors (Lipinski definition) is 5. The molecule has 3 N–H and O–H groups in total. The first-order valence-electron chi connectivity index (χ1n) is 10.6. The molecule has 3 rings (SSSR count). The van der Waals surface area contributed by atoms with Gasteiger partial charge < -0.3 is 16.0 Å². The van der Waals surface area contributed by atoms with Crippen molar-refractivity contribution < 1.29 is 9.18 Å². The van der Waals surface area contributed by atoms with Gasteiger partial charge >= 0.3 is 0 Å². The SMILES string of the molecule is CN=CC(=CN)[C@@H]1C(CNc2ccc(F)c(C#N)c2)c2ccccc2C(=O)N1CC(C)C. The number of carbonyl (C=O) groups excluding carboxylic acids is 1. The molecule has 0 aromatic heterocycles. The van der Waals surface area contributed by atoms with Gasteiger partial charge in [-0.25, -0.2) is 4.39 Å². The zero-order valence-electron chi connectivity index (χ0n) is 18.5. The maximum absolute atomic E-state index is 13.7. The third-order valence-electron chi connectivity index (χ3n) is 5.56.